The monoisotopic (exact) mass is 172 g/mol. The molecule has 1 rings (SSSR count). The van der Waals surface area contributed by atoms with Crippen LogP contribution in [0.15, 0.2) is 0 Å². The number of ether oxygens (including phenoxy) is 1. The second-order valence-electron chi connectivity index (χ2n) is 4.01. The molecule has 12 heavy (non-hydrogen) atoms. The average molecular weight is 172 g/mol. The molecule has 0 atom stereocenters. The first-order valence-corrected chi connectivity index (χ1v) is 4.91. The van der Waals surface area contributed by atoms with Gasteiger partial charge in [0.1, 0.15) is 0 Å². The summed E-state index contributed by atoms with van der Waals surface area (Å²) in [5, 5.41) is 9.96. The van der Waals surface area contributed by atoms with Crippen molar-refractivity contribution in [2.75, 3.05) is 13.7 Å². The first kappa shape index (κ1) is 10.0. The van der Waals surface area contributed by atoms with E-state index in [9.17, 15) is 5.11 Å². The van der Waals surface area contributed by atoms with Crippen LogP contribution in [0.2, 0.25) is 0 Å². The molecule has 1 N–H and O–H groups in total. The van der Waals surface area contributed by atoms with Gasteiger partial charge in [-0.25, -0.2) is 0 Å². The van der Waals surface area contributed by atoms with E-state index in [1.807, 2.05) is 0 Å². The van der Waals surface area contributed by atoms with Crippen molar-refractivity contribution in [3.05, 3.63) is 0 Å². The van der Waals surface area contributed by atoms with Gasteiger partial charge >= 0.3 is 0 Å². The largest absolute Gasteiger partial charge is 0.387 e. The van der Waals surface area contributed by atoms with Crippen molar-refractivity contribution < 1.29 is 9.84 Å². The summed E-state index contributed by atoms with van der Waals surface area (Å²) < 4.78 is 5.00. The molecule has 0 radical (unpaired) electrons. The minimum atomic E-state index is -0.513. The lowest BCUT2D eigenvalue weighted by Gasteiger charge is -2.35. The Labute approximate surface area is 74.9 Å². The van der Waals surface area contributed by atoms with Crippen molar-refractivity contribution in [3.8, 4) is 0 Å². The van der Waals surface area contributed by atoms with Gasteiger partial charge in [0, 0.05) is 7.11 Å². The molecule has 1 aliphatic rings. The fraction of sp³-hybridized carbons (Fsp3) is 1.00. The Bertz CT molecular complexity index is 126. The van der Waals surface area contributed by atoms with Crippen molar-refractivity contribution in [1.29, 1.82) is 0 Å². The van der Waals surface area contributed by atoms with Crippen LogP contribution in [0.4, 0.5) is 0 Å². The van der Waals surface area contributed by atoms with Gasteiger partial charge < -0.3 is 9.84 Å². The molecule has 0 aromatic heterocycles. The van der Waals surface area contributed by atoms with Crippen molar-refractivity contribution in [2.45, 2.75) is 44.6 Å². The van der Waals surface area contributed by atoms with E-state index in [1.54, 1.807) is 7.11 Å². The Morgan fingerprint density at radius 1 is 1.42 bits per heavy atom. The minimum Gasteiger partial charge on any atom is -0.387 e. The van der Waals surface area contributed by atoms with Gasteiger partial charge in [0.15, 0.2) is 0 Å². The molecule has 0 spiro atoms. The second kappa shape index (κ2) is 4.24. The smallest absolute Gasteiger partial charge is 0.0880 e. The van der Waals surface area contributed by atoms with Crippen LogP contribution in [0.3, 0.4) is 0 Å². The van der Waals surface area contributed by atoms with Crippen molar-refractivity contribution >= 4 is 0 Å². The van der Waals surface area contributed by atoms with E-state index >= 15 is 0 Å². The highest BCUT2D eigenvalue weighted by Gasteiger charge is 2.32. The fourth-order valence-electron chi connectivity index (χ4n) is 2.04. The van der Waals surface area contributed by atoms with Gasteiger partial charge in [-0.3, -0.25) is 0 Å². The summed E-state index contributed by atoms with van der Waals surface area (Å²) in [7, 11) is 1.66. The highest BCUT2D eigenvalue weighted by Crippen LogP contribution is 2.33. The van der Waals surface area contributed by atoms with E-state index in [4.69, 9.17) is 4.74 Å². The van der Waals surface area contributed by atoms with Gasteiger partial charge in [-0.1, -0.05) is 13.3 Å². The third kappa shape index (κ3) is 2.46. The molecule has 0 aromatic rings. The molecule has 1 saturated carbocycles. The molecule has 0 aromatic carbocycles. The summed E-state index contributed by atoms with van der Waals surface area (Å²) in [5.41, 5.74) is -0.513. The van der Waals surface area contributed by atoms with Crippen LogP contribution in [0, 0.1) is 5.92 Å². The molecule has 0 saturated heterocycles. The summed E-state index contributed by atoms with van der Waals surface area (Å²) in [6.07, 6.45) is 5.41. The van der Waals surface area contributed by atoms with E-state index in [1.165, 1.54) is 6.42 Å². The van der Waals surface area contributed by atoms with Crippen molar-refractivity contribution in [1.82, 2.24) is 0 Å². The van der Waals surface area contributed by atoms with Gasteiger partial charge in [-0.15, -0.1) is 0 Å². The topological polar surface area (TPSA) is 29.5 Å². The first-order valence-electron chi connectivity index (χ1n) is 4.91. The molecule has 0 heterocycles. The Morgan fingerprint density at radius 2 is 2.00 bits per heavy atom. The standard InChI is InChI=1S/C10H20O2/c1-3-9-4-6-10(11,7-5-9)8-12-2/h9,11H,3-8H2,1-2H3. The lowest BCUT2D eigenvalue weighted by molar-refractivity contribution is -0.0644. The molecular weight excluding hydrogens is 152 g/mol. The summed E-state index contributed by atoms with van der Waals surface area (Å²) in [6.45, 7) is 2.73. The number of rotatable bonds is 3. The fourth-order valence-corrected chi connectivity index (χ4v) is 2.04. The van der Waals surface area contributed by atoms with Crippen LogP contribution < -0.4 is 0 Å². The van der Waals surface area contributed by atoms with Crippen LogP contribution in [-0.4, -0.2) is 24.4 Å². The maximum absolute atomic E-state index is 9.96. The summed E-state index contributed by atoms with van der Waals surface area (Å²) >= 11 is 0. The molecule has 2 heteroatoms. The molecule has 0 amide bonds. The molecule has 1 fully saturated rings. The zero-order chi connectivity index (χ0) is 9.03. The molecule has 2 nitrogen and oxygen atoms in total. The normalized spacial score (nSPS) is 36.8. The third-order valence-corrected chi connectivity index (χ3v) is 3.03. The summed E-state index contributed by atoms with van der Waals surface area (Å²) in [5.74, 6) is 0.835. The zero-order valence-electron chi connectivity index (χ0n) is 8.18. The molecule has 72 valence electrons. The third-order valence-electron chi connectivity index (χ3n) is 3.03. The minimum absolute atomic E-state index is 0.503. The highest BCUT2D eigenvalue weighted by molar-refractivity contribution is 4.84. The maximum atomic E-state index is 9.96. The van der Waals surface area contributed by atoms with Crippen molar-refractivity contribution in [3.63, 3.8) is 0 Å². The number of hydrogen-bond donors (Lipinski definition) is 1. The Morgan fingerprint density at radius 3 is 2.42 bits per heavy atom. The highest BCUT2D eigenvalue weighted by atomic mass is 16.5. The van der Waals surface area contributed by atoms with Crippen LogP contribution in [-0.2, 0) is 4.74 Å². The Kier molecular flexibility index (Phi) is 3.53. The predicted octanol–water partition coefficient (Wildman–Crippen LogP) is 1.96. The second-order valence-corrected chi connectivity index (χ2v) is 4.01. The first-order chi connectivity index (χ1) is 5.70. The maximum Gasteiger partial charge on any atom is 0.0880 e. The SMILES string of the molecule is CCC1CCC(O)(COC)CC1. The van der Waals surface area contributed by atoms with Crippen LogP contribution in [0.25, 0.3) is 0 Å². The lowest BCUT2D eigenvalue weighted by atomic mass is 9.78. The van der Waals surface area contributed by atoms with Gasteiger partial charge in [-0.2, -0.15) is 0 Å². The average Bonchev–Trinajstić information content (AvgIpc) is 2.06. The number of aliphatic hydroxyl groups is 1. The van der Waals surface area contributed by atoms with Crippen LogP contribution >= 0.6 is 0 Å². The van der Waals surface area contributed by atoms with E-state index in [2.05, 4.69) is 6.92 Å². The zero-order valence-corrected chi connectivity index (χ0v) is 8.18. The number of methoxy groups -OCH3 is 1. The molecule has 1 aliphatic carbocycles. The molecule has 0 unspecified atom stereocenters. The molecule has 0 aliphatic heterocycles. The van der Waals surface area contributed by atoms with E-state index in [0.717, 1.165) is 31.6 Å². The quantitative estimate of drug-likeness (QED) is 0.705. The predicted molar refractivity (Wildman–Crippen MR) is 49.1 cm³/mol. The van der Waals surface area contributed by atoms with Gasteiger partial charge in [-0.05, 0) is 31.6 Å². The van der Waals surface area contributed by atoms with E-state index < -0.39 is 5.60 Å². The molecular formula is C10H20O2. The number of hydrogen-bond acceptors (Lipinski definition) is 2. The Hall–Kier alpha value is -0.0800. The van der Waals surface area contributed by atoms with E-state index in [-0.39, 0.29) is 0 Å². The van der Waals surface area contributed by atoms with Crippen molar-refractivity contribution in [2.24, 2.45) is 5.92 Å². The Balaban J connectivity index is 2.33. The van der Waals surface area contributed by atoms with Gasteiger partial charge in [0.25, 0.3) is 0 Å². The summed E-state index contributed by atoms with van der Waals surface area (Å²) in [6, 6.07) is 0. The lowest BCUT2D eigenvalue weighted by Crippen LogP contribution is -2.38. The van der Waals surface area contributed by atoms with Crippen LogP contribution in [0.5, 0.6) is 0 Å². The van der Waals surface area contributed by atoms with Crippen LogP contribution in [0.1, 0.15) is 39.0 Å². The van der Waals surface area contributed by atoms with Gasteiger partial charge in [0.05, 0.1) is 12.2 Å². The summed E-state index contributed by atoms with van der Waals surface area (Å²) in [4.78, 5) is 0. The molecule has 0 bridgehead atoms. The van der Waals surface area contributed by atoms with Gasteiger partial charge in [0.2, 0.25) is 0 Å². The van der Waals surface area contributed by atoms with E-state index in [0.29, 0.717) is 6.61 Å².